The maximum absolute atomic E-state index is 11.8. The molecule has 0 aromatic heterocycles. The summed E-state index contributed by atoms with van der Waals surface area (Å²) in [6.07, 6.45) is 0. The van der Waals surface area contributed by atoms with Crippen LogP contribution in [0, 0.1) is 5.92 Å². The molecule has 1 rings (SSSR count). The molecule has 112 valence electrons. The predicted molar refractivity (Wildman–Crippen MR) is 76.2 cm³/mol. The second-order valence-corrected chi connectivity index (χ2v) is 4.74. The van der Waals surface area contributed by atoms with E-state index in [4.69, 9.17) is 14.6 Å². The van der Waals surface area contributed by atoms with Crippen molar-refractivity contribution in [2.24, 2.45) is 5.92 Å². The van der Waals surface area contributed by atoms with Gasteiger partial charge >= 0.3 is 5.97 Å². The van der Waals surface area contributed by atoms with Crippen molar-refractivity contribution in [3.63, 3.8) is 0 Å². The van der Waals surface area contributed by atoms with Gasteiger partial charge in [-0.3, -0.25) is 4.79 Å². The van der Waals surface area contributed by atoms with Crippen LogP contribution in [-0.2, 0) is 20.9 Å². The van der Waals surface area contributed by atoms with Gasteiger partial charge in [-0.05, 0) is 5.56 Å². The SMILES string of the molecule is COCC(CO)NCC(C)C(=O)OCc1ccccc1. The van der Waals surface area contributed by atoms with E-state index in [0.717, 1.165) is 5.56 Å². The van der Waals surface area contributed by atoms with Crippen LogP contribution in [0.2, 0.25) is 0 Å². The van der Waals surface area contributed by atoms with E-state index < -0.39 is 0 Å². The lowest BCUT2D eigenvalue weighted by atomic mass is 10.1. The van der Waals surface area contributed by atoms with Crippen molar-refractivity contribution < 1.29 is 19.4 Å². The number of carbonyl (C=O) groups excluding carboxylic acids is 1. The quantitative estimate of drug-likeness (QED) is 0.660. The first-order chi connectivity index (χ1) is 9.67. The fourth-order valence-electron chi connectivity index (χ4n) is 1.68. The van der Waals surface area contributed by atoms with Crippen LogP contribution in [-0.4, -0.2) is 44.0 Å². The van der Waals surface area contributed by atoms with Gasteiger partial charge in [0.1, 0.15) is 6.61 Å². The zero-order valence-electron chi connectivity index (χ0n) is 12.0. The number of hydrogen-bond donors (Lipinski definition) is 2. The molecule has 0 saturated carbocycles. The number of nitrogens with one attached hydrogen (secondary N) is 1. The lowest BCUT2D eigenvalue weighted by Crippen LogP contribution is -2.40. The lowest BCUT2D eigenvalue weighted by Gasteiger charge is -2.18. The maximum Gasteiger partial charge on any atom is 0.310 e. The van der Waals surface area contributed by atoms with Crippen molar-refractivity contribution in [2.75, 3.05) is 26.9 Å². The summed E-state index contributed by atoms with van der Waals surface area (Å²) in [5, 5.41) is 12.2. The number of aliphatic hydroxyl groups is 1. The topological polar surface area (TPSA) is 67.8 Å². The van der Waals surface area contributed by atoms with Crippen LogP contribution in [0.15, 0.2) is 30.3 Å². The summed E-state index contributed by atoms with van der Waals surface area (Å²) in [5.74, 6) is -0.528. The van der Waals surface area contributed by atoms with Crippen LogP contribution in [0.1, 0.15) is 12.5 Å². The molecule has 5 heteroatoms. The second-order valence-electron chi connectivity index (χ2n) is 4.74. The highest BCUT2D eigenvalue weighted by Gasteiger charge is 2.16. The molecular weight excluding hydrogens is 258 g/mol. The van der Waals surface area contributed by atoms with Crippen LogP contribution < -0.4 is 5.32 Å². The molecule has 0 aliphatic rings. The summed E-state index contributed by atoms with van der Waals surface area (Å²) >= 11 is 0. The summed E-state index contributed by atoms with van der Waals surface area (Å²) < 4.78 is 10.2. The highest BCUT2D eigenvalue weighted by molar-refractivity contribution is 5.72. The van der Waals surface area contributed by atoms with E-state index in [9.17, 15) is 4.79 Å². The fraction of sp³-hybridized carbons (Fsp3) is 0.533. The summed E-state index contributed by atoms with van der Waals surface area (Å²) in [6, 6.07) is 9.40. The van der Waals surface area contributed by atoms with Crippen molar-refractivity contribution in [3.8, 4) is 0 Å². The molecule has 5 nitrogen and oxygen atoms in total. The Kier molecular flexibility index (Phi) is 7.87. The van der Waals surface area contributed by atoms with Gasteiger partial charge in [0.2, 0.25) is 0 Å². The normalized spacial score (nSPS) is 13.8. The van der Waals surface area contributed by atoms with Gasteiger partial charge in [0.25, 0.3) is 0 Å². The van der Waals surface area contributed by atoms with Crippen molar-refractivity contribution in [2.45, 2.75) is 19.6 Å². The van der Waals surface area contributed by atoms with Crippen LogP contribution >= 0.6 is 0 Å². The van der Waals surface area contributed by atoms with E-state index in [1.807, 2.05) is 30.3 Å². The maximum atomic E-state index is 11.8. The molecular formula is C15H23NO4. The highest BCUT2D eigenvalue weighted by Crippen LogP contribution is 2.04. The minimum absolute atomic E-state index is 0.0282. The van der Waals surface area contributed by atoms with Gasteiger partial charge in [-0.25, -0.2) is 0 Å². The van der Waals surface area contributed by atoms with Gasteiger partial charge < -0.3 is 19.9 Å². The van der Waals surface area contributed by atoms with Crippen molar-refractivity contribution in [1.82, 2.24) is 5.32 Å². The van der Waals surface area contributed by atoms with Gasteiger partial charge in [0, 0.05) is 13.7 Å². The second kappa shape index (κ2) is 9.47. The van der Waals surface area contributed by atoms with Gasteiger partial charge in [0.05, 0.1) is 25.2 Å². The summed E-state index contributed by atoms with van der Waals surface area (Å²) in [6.45, 7) is 2.90. The van der Waals surface area contributed by atoms with Crippen molar-refractivity contribution >= 4 is 5.97 Å². The average molecular weight is 281 g/mol. The van der Waals surface area contributed by atoms with E-state index in [0.29, 0.717) is 13.2 Å². The molecule has 1 aromatic carbocycles. The van der Waals surface area contributed by atoms with Crippen molar-refractivity contribution in [1.29, 1.82) is 0 Å². The van der Waals surface area contributed by atoms with Gasteiger partial charge in [-0.1, -0.05) is 37.3 Å². The molecule has 0 aliphatic carbocycles. The fourth-order valence-corrected chi connectivity index (χ4v) is 1.68. The largest absolute Gasteiger partial charge is 0.461 e. The number of hydrogen-bond acceptors (Lipinski definition) is 5. The van der Waals surface area contributed by atoms with E-state index in [1.54, 1.807) is 14.0 Å². The molecule has 0 heterocycles. The Morgan fingerprint density at radius 2 is 2.05 bits per heavy atom. The highest BCUT2D eigenvalue weighted by atomic mass is 16.5. The van der Waals surface area contributed by atoms with Gasteiger partial charge in [-0.15, -0.1) is 0 Å². The number of carbonyl (C=O) groups is 1. The Morgan fingerprint density at radius 1 is 1.35 bits per heavy atom. The minimum atomic E-state index is -0.274. The standard InChI is InChI=1S/C15H23NO4/c1-12(8-16-14(9-17)11-19-2)15(18)20-10-13-6-4-3-5-7-13/h3-7,12,14,16-17H,8-11H2,1-2H3. The van der Waals surface area contributed by atoms with Crippen LogP contribution in [0.25, 0.3) is 0 Å². The summed E-state index contributed by atoms with van der Waals surface area (Å²) in [4.78, 5) is 11.8. The molecule has 0 bridgehead atoms. The van der Waals surface area contributed by atoms with Crippen molar-refractivity contribution in [3.05, 3.63) is 35.9 Å². The molecule has 0 amide bonds. The zero-order chi connectivity index (χ0) is 14.8. The molecule has 0 aliphatic heterocycles. The molecule has 2 N–H and O–H groups in total. The van der Waals surface area contributed by atoms with Gasteiger partial charge in [0.15, 0.2) is 0 Å². The Labute approximate surface area is 119 Å². The molecule has 2 atom stereocenters. The van der Waals surface area contributed by atoms with E-state index in [1.165, 1.54) is 0 Å². The number of ether oxygens (including phenoxy) is 2. The number of methoxy groups -OCH3 is 1. The van der Waals surface area contributed by atoms with E-state index in [2.05, 4.69) is 5.32 Å². The monoisotopic (exact) mass is 281 g/mol. The Morgan fingerprint density at radius 3 is 2.65 bits per heavy atom. The van der Waals surface area contributed by atoms with E-state index >= 15 is 0 Å². The third-order valence-electron chi connectivity index (χ3n) is 2.93. The van der Waals surface area contributed by atoms with Crippen LogP contribution in [0.4, 0.5) is 0 Å². The minimum Gasteiger partial charge on any atom is -0.461 e. The van der Waals surface area contributed by atoms with Crippen LogP contribution in [0.3, 0.4) is 0 Å². The number of benzene rings is 1. The molecule has 0 radical (unpaired) electrons. The zero-order valence-corrected chi connectivity index (χ0v) is 12.0. The molecule has 20 heavy (non-hydrogen) atoms. The van der Waals surface area contributed by atoms with Gasteiger partial charge in [-0.2, -0.15) is 0 Å². The smallest absolute Gasteiger partial charge is 0.310 e. The first kappa shape index (κ1) is 16.6. The molecule has 1 aromatic rings. The molecule has 0 spiro atoms. The predicted octanol–water partition coefficient (Wildman–Crippen LogP) is 0.963. The lowest BCUT2D eigenvalue weighted by molar-refractivity contribution is -0.149. The Bertz CT molecular complexity index is 383. The summed E-state index contributed by atoms with van der Waals surface area (Å²) in [5.41, 5.74) is 0.966. The molecule has 0 fully saturated rings. The first-order valence-electron chi connectivity index (χ1n) is 6.71. The number of aliphatic hydroxyl groups excluding tert-OH is 1. The molecule has 2 unspecified atom stereocenters. The average Bonchev–Trinajstić information content (AvgIpc) is 2.49. The number of rotatable bonds is 9. The Balaban J connectivity index is 2.28. The van der Waals surface area contributed by atoms with E-state index in [-0.39, 0.29) is 31.1 Å². The Hall–Kier alpha value is -1.43. The number of esters is 1. The summed E-state index contributed by atoms with van der Waals surface area (Å²) in [7, 11) is 1.57. The van der Waals surface area contributed by atoms with Crippen LogP contribution in [0.5, 0.6) is 0 Å². The third kappa shape index (κ3) is 6.14. The molecule has 0 saturated heterocycles. The first-order valence-corrected chi connectivity index (χ1v) is 6.71. The third-order valence-corrected chi connectivity index (χ3v) is 2.93.